The van der Waals surface area contributed by atoms with Gasteiger partial charge < -0.3 is 24.0 Å². The van der Waals surface area contributed by atoms with Crippen LogP contribution in [0.25, 0.3) is 11.1 Å². The fourth-order valence-electron chi connectivity index (χ4n) is 6.49. The van der Waals surface area contributed by atoms with E-state index in [1.165, 1.54) is 0 Å². The van der Waals surface area contributed by atoms with Gasteiger partial charge in [0.05, 0.1) is 25.8 Å². The first-order chi connectivity index (χ1) is 21.8. The minimum atomic E-state index is -0.208. The molecule has 3 heterocycles. The van der Waals surface area contributed by atoms with Crippen molar-refractivity contribution in [2.75, 3.05) is 65.4 Å². The molecule has 0 aliphatic carbocycles. The summed E-state index contributed by atoms with van der Waals surface area (Å²) in [5.41, 5.74) is 6.33. The lowest BCUT2D eigenvalue weighted by molar-refractivity contribution is 0.0619. The van der Waals surface area contributed by atoms with Crippen molar-refractivity contribution in [3.63, 3.8) is 0 Å². The molecule has 1 saturated heterocycles. The van der Waals surface area contributed by atoms with Crippen LogP contribution in [0.1, 0.15) is 37.7 Å². The van der Waals surface area contributed by atoms with Crippen molar-refractivity contribution < 1.29 is 14.3 Å². The molecule has 9 heteroatoms. The van der Waals surface area contributed by atoms with E-state index in [0.29, 0.717) is 48.2 Å². The maximum atomic E-state index is 14.5. The van der Waals surface area contributed by atoms with E-state index in [-0.39, 0.29) is 11.8 Å². The maximum absolute atomic E-state index is 14.5. The highest BCUT2D eigenvalue weighted by atomic mass is 35.5. The topological polar surface area (TPSA) is 61.3 Å². The van der Waals surface area contributed by atoms with Gasteiger partial charge in [0.2, 0.25) is 0 Å². The quantitative estimate of drug-likeness (QED) is 0.266. The van der Waals surface area contributed by atoms with Crippen LogP contribution in [-0.4, -0.2) is 91.6 Å². The van der Waals surface area contributed by atoms with Gasteiger partial charge in [-0.3, -0.25) is 14.5 Å². The zero-order valence-corrected chi connectivity index (χ0v) is 27.2. The summed E-state index contributed by atoms with van der Waals surface area (Å²) >= 11 is 6.87. The van der Waals surface area contributed by atoms with Crippen molar-refractivity contribution >= 4 is 29.1 Å². The van der Waals surface area contributed by atoms with Gasteiger partial charge >= 0.3 is 0 Å². The Morgan fingerprint density at radius 3 is 2.31 bits per heavy atom. The van der Waals surface area contributed by atoms with Crippen LogP contribution in [0.2, 0.25) is 5.02 Å². The standard InChI is InChI=1S/C36H40ClN5O3/c1-25-33(26-10-6-5-7-11-26)30(37)22-29(34(25)45-4)35(43)42-24-28-14-15-32(41(28)23-27-12-8-9-13-31(27)42)36(44)40-20-18-39(19-21-40)17-16-38(2)3/h5-15,22H,16-21,23-24H2,1-4H3. The predicted molar refractivity (Wildman–Crippen MR) is 180 cm³/mol. The summed E-state index contributed by atoms with van der Waals surface area (Å²) < 4.78 is 7.93. The molecule has 0 unspecified atom stereocenters. The van der Waals surface area contributed by atoms with Crippen LogP contribution in [0.3, 0.4) is 0 Å². The number of halogens is 1. The lowest BCUT2D eigenvalue weighted by atomic mass is 9.96. The van der Waals surface area contributed by atoms with Crippen LogP contribution in [-0.2, 0) is 13.1 Å². The third-order valence-corrected chi connectivity index (χ3v) is 9.25. The summed E-state index contributed by atoms with van der Waals surface area (Å²) in [6.07, 6.45) is 0. The number of carbonyl (C=O) groups excluding carboxylic acids is 2. The molecule has 6 rings (SSSR count). The Bertz CT molecular complexity index is 1710. The highest BCUT2D eigenvalue weighted by Gasteiger charge is 2.32. The van der Waals surface area contributed by atoms with Crippen molar-refractivity contribution in [3.05, 3.63) is 106 Å². The summed E-state index contributed by atoms with van der Waals surface area (Å²) in [5, 5.41) is 0.490. The van der Waals surface area contributed by atoms with Gasteiger partial charge in [-0.05, 0) is 56.4 Å². The minimum absolute atomic E-state index is 0.0337. The van der Waals surface area contributed by atoms with Gasteiger partial charge in [-0.25, -0.2) is 0 Å². The Hall–Kier alpha value is -4.11. The molecule has 2 aliphatic rings. The number of piperazine rings is 1. The van der Waals surface area contributed by atoms with Gasteiger partial charge in [0.25, 0.3) is 11.8 Å². The Morgan fingerprint density at radius 2 is 1.60 bits per heavy atom. The van der Waals surface area contributed by atoms with Crippen molar-refractivity contribution in [1.29, 1.82) is 0 Å². The predicted octanol–water partition coefficient (Wildman–Crippen LogP) is 5.65. The smallest absolute Gasteiger partial charge is 0.270 e. The summed E-state index contributed by atoms with van der Waals surface area (Å²) in [6.45, 7) is 7.88. The zero-order valence-electron chi connectivity index (χ0n) is 26.4. The molecular formula is C36H40ClN5O3. The number of methoxy groups -OCH3 is 1. The van der Waals surface area contributed by atoms with Crippen molar-refractivity contribution in [2.45, 2.75) is 20.0 Å². The first-order valence-corrected chi connectivity index (χ1v) is 15.8. The molecule has 1 aromatic heterocycles. The molecule has 0 saturated carbocycles. The summed E-state index contributed by atoms with van der Waals surface area (Å²) in [5.74, 6) is 0.326. The number of benzene rings is 3. The molecular weight excluding hydrogens is 586 g/mol. The molecule has 0 radical (unpaired) electrons. The number of fused-ring (bicyclic) bond motifs is 2. The largest absolute Gasteiger partial charge is 0.496 e. The minimum Gasteiger partial charge on any atom is -0.496 e. The Morgan fingerprint density at radius 1 is 0.889 bits per heavy atom. The van der Waals surface area contributed by atoms with E-state index in [4.69, 9.17) is 16.3 Å². The molecule has 3 aromatic carbocycles. The van der Waals surface area contributed by atoms with E-state index in [0.717, 1.165) is 59.8 Å². The summed E-state index contributed by atoms with van der Waals surface area (Å²) in [4.78, 5) is 36.6. The zero-order chi connectivity index (χ0) is 31.7. The van der Waals surface area contributed by atoms with Gasteiger partial charge in [0, 0.05) is 66.8 Å². The Balaban J connectivity index is 1.31. The van der Waals surface area contributed by atoms with Crippen molar-refractivity contribution in [2.24, 2.45) is 0 Å². The fourth-order valence-corrected chi connectivity index (χ4v) is 6.85. The molecule has 45 heavy (non-hydrogen) atoms. The highest BCUT2D eigenvalue weighted by Crippen LogP contribution is 2.40. The fraction of sp³-hybridized carbons (Fsp3) is 0.333. The molecule has 234 valence electrons. The van der Waals surface area contributed by atoms with Gasteiger partial charge in [0.1, 0.15) is 11.4 Å². The van der Waals surface area contributed by atoms with E-state index in [1.54, 1.807) is 18.1 Å². The lowest BCUT2D eigenvalue weighted by Gasteiger charge is -2.35. The van der Waals surface area contributed by atoms with Crippen molar-refractivity contribution in [1.82, 2.24) is 19.3 Å². The number of nitrogens with zero attached hydrogens (tertiary/aromatic N) is 5. The van der Waals surface area contributed by atoms with Crippen LogP contribution in [0, 0.1) is 6.92 Å². The van der Waals surface area contributed by atoms with Crippen LogP contribution >= 0.6 is 11.6 Å². The van der Waals surface area contributed by atoms with E-state index >= 15 is 0 Å². The highest BCUT2D eigenvalue weighted by molar-refractivity contribution is 6.34. The molecule has 4 aromatic rings. The number of amides is 2. The molecule has 1 fully saturated rings. The van der Waals surface area contributed by atoms with Gasteiger partial charge in [0.15, 0.2) is 0 Å². The summed E-state index contributed by atoms with van der Waals surface area (Å²) in [6, 6.07) is 23.4. The van der Waals surface area contributed by atoms with Gasteiger partial charge in [-0.1, -0.05) is 60.1 Å². The molecule has 2 amide bonds. The number of carbonyl (C=O) groups is 2. The van der Waals surface area contributed by atoms with E-state index < -0.39 is 0 Å². The van der Waals surface area contributed by atoms with Gasteiger partial charge in [-0.15, -0.1) is 0 Å². The van der Waals surface area contributed by atoms with E-state index in [1.807, 2.05) is 78.6 Å². The Labute approximate surface area is 270 Å². The lowest BCUT2D eigenvalue weighted by Crippen LogP contribution is -2.50. The molecule has 0 N–H and O–H groups in total. The number of aromatic nitrogens is 1. The van der Waals surface area contributed by atoms with Gasteiger partial charge in [-0.2, -0.15) is 0 Å². The number of hydrogen-bond acceptors (Lipinski definition) is 5. The van der Waals surface area contributed by atoms with Crippen LogP contribution in [0.5, 0.6) is 5.75 Å². The Kier molecular flexibility index (Phi) is 8.99. The third kappa shape index (κ3) is 6.10. The summed E-state index contributed by atoms with van der Waals surface area (Å²) in [7, 11) is 5.75. The molecule has 0 atom stereocenters. The average molecular weight is 626 g/mol. The number of likely N-dealkylation sites (N-methyl/N-ethyl adjacent to an activating group) is 1. The average Bonchev–Trinajstić information content (AvgIpc) is 3.36. The second kappa shape index (κ2) is 13.1. The number of hydrogen-bond donors (Lipinski definition) is 0. The monoisotopic (exact) mass is 625 g/mol. The van der Waals surface area contributed by atoms with E-state index in [2.05, 4.69) is 28.5 Å². The third-order valence-electron chi connectivity index (χ3n) is 8.96. The maximum Gasteiger partial charge on any atom is 0.270 e. The number of para-hydroxylation sites is 1. The van der Waals surface area contributed by atoms with Crippen molar-refractivity contribution in [3.8, 4) is 16.9 Å². The first-order valence-electron chi connectivity index (χ1n) is 15.4. The van der Waals surface area contributed by atoms with Crippen LogP contribution < -0.4 is 9.64 Å². The van der Waals surface area contributed by atoms with Crippen LogP contribution in [0.15, 0.2) is 72.8 Å². The molecule has 2 aliphatic heterocycles. The number of ether oxygens (including phenoxy) is 1. The normalized spacial score (nSPS) is 15.1. The van der Waals surface area contributed by atoms with E-state index in [9.17, 15) is 9.59 Å². The molecule has 0 bridgehead atoms. The second-order valence-corrected chi connectivity index (χ2v) is 12.5. The SMILES string of the molecule is COc1c(C(=O)N2Cc3ccc(C(=O)N4CCN(CCN(C)C)CC4)n3Cc3ccccc32)cc(Cl)c(-c2ccccc2)c1C. The molecule has 0 spiro atoms. The second-order valence-electron chi connectivity index (χ2n) is 12.1. The first kappa shape index (κ1) is 30.9. The van der Waals surface area contributed by atoms with Crippen LogP contribution in [0.4, 0.5) is 5.69 Å². The molecule has 8 nitrogen and oxygen atoms in total. The number of anilines is 1. The number of rotatable bonds is 7.